The van der Waals surface area contributed by atoms with Crippen LogP contribution in [0.25, 0.3) is 0 Å². The Morgan fingerprint density at radius 3 is 2.54 bits per heavy atom. The molecule has 146 valence electrons. The zero-order chi connectivity index (χ0) is 20.6. The fraction of sp³-hybridized carbons (Fsp3) is 0.316. The lowest BCUT2D eigenvalue weighted by atomic mass is 9.87. The molecule has 2 aromatic rings. The lowest BCUT2D eigenvalue weighted by Crippen LogP contribution is -2.32. The molecule has 28 heavy (non-hydrogen) atoms. The number of halogens is 3. The number of carbonyl (C=O) groups is 2. The molecule has 0 radical (unpaired) electrons. The number of carbonyl (C=O) groups excluding carboxylic acids is 2. The summed E-state index contributed by atoms with van der Waals surface area (Å²) in [5, 5.41) is 12.2. The summed E-state index contributed by atoms with van der Waals surface area (Å²) in [5.41, 5.74) is -0.00269. The zero-order valence-electron chi connectivity index (χ0n) is 15.0. The molecule has 1 fully saturated rings. The number of hydrogen-bond donors (Lipinski definition) is 1. The van der Waals surface area contributed by atoms with Crippen LogP contribution in [0.4, 0.5) is 18.2 Å². The van der Waals surface area contributed by atoms with Crippen LogP contribution in [-0.2, 0) is 15.8 Å². The number of thiophene rings is 1. The molecule has 0 saturated carbocycles. The van der Waals surface area contributed by atoms with Crippen LogP contribution in [0, 0.1) is 24.2 Å². The van der Waals surface area contributed by atoms with Gasteiger partial charge in [0.2, 0.25) is 11.8 Å². The Bertz CT molecular complexity index is 960. The van der Waals surface area contributed by atoms with Gasteiger partial charge in [0.05, 0.1) is 11.1 Å². The number of likely N-dealkylation sites (tertiary alicyclic amines) is 1. The van der Waals surface area contributed by atoms with E-state index in [9.17, 15) is 22.8 Å². The van der Waals surface area contributed by atoms with Gasteiger partial charge in [-0.3, -0.25) is 9.59 Å². The highest BCUT2D eigenvalue weighted by Crippen LogP contribution is 2.37. The van der Waals surface area contributed by atoms with Gasteiger partial charge in [0.1, 0.15) is 17.0 Å². The van der Waals surface area contributed by atoms with E-state index >= 15 is 0 Å². The molecule has 0 aliphatic carbocycles. The molecular weight excluding hydrogens is 391 g/mol. The largest absolute Gasteiger partial charge is 0.416 e. The minimum Gasteiger partial charge on any atom is -0.344 e. The second kappa shape index (κ2) is 7.28. The van der Waals surface area contributed by atoms with E-state index in [-0.39, 0.29) is 6.54 Å². The third-order valence-electron chi connectivity index (χ3n) is 4.68. The molecule has 2 amide bonds. The van der Waals surface area contributed by atoms with Crippen molar-refractivity contribution in [3.63, 3.8) is 0 Å². The average Bonchev–Trinajstić information content (AvgIpc) is 3.13. The summed E-state index contributed by atoms with van der Waals surface area (Å²) in [6.45, 7) is 2.01. The number of likely N-dealkylation sites (N-methyl/N-ethyl adjacent to an activating group) is 1. The van der Waals surface area contributed by atoms with Crippen molar-refractivity contribution in [3.05, 3.63) is 51.9 Å². The van der Waals surface area contributed by atoms with Crippen LogP contribution in [0.5, 0.6) is 0 Å². The highest BCUT2D eigenvalue weighted by Gasteiger charge is 2.44. The van der Waals surface area contributed by atoms with Crippen molar-refractivity contribution in [1.82, 2.24) is 4.90 Å². The van der Waals surface area contributed by atoms with Gasteiger partial charge in [0.25, 0.3) is 0 Å². The number of alkyl halides is 3. The Hall–Kier alpha value is -2.86. The summed E-state index contributed by atoms with van der Waals surface area (Å²) in [5.74, 6) is -2.63. The van der Waals surface area contributed by atoms with Gasteiger partial charge < -0.3 is 10.2 Å². The Kier molecular flexibility index (Phi) is 5.17. The number of rotatable bonds is 3. The molecule has 1 aliphatic rings. The number of hydrogen-bond acceptors (Lipinski definition) is 4. The first-order chi connectivity index (χ1) is 13.1. The molecule has 9 heteroatoms. The SMILES string of the molecule is Cc1cc(C#N)c(NC(=O)[C@H]2C(=O)N(C)C[C@@H]2c2ccc(C(F)(F)F)cc2)s1. The topological polar surface area (TPSA) is 73.2 Å². The van der Waals surface area contributed by atoms with Crippen molar-refractivity contribution in [2.75, 3.05) is 18.9 Å². The van der Waals surface area contributed by atoms with Crippen LogP contribution in [0.15, 0.2) is 30.3 Å². The van der Waals surface area contributed by atoms with E-state index < -0.39 is 35.4 Å². The first kappa shape index (κ1) is 19.9. The van der Waals surface area contributed by atoms with Gasteiger partial charge in [-0.05, 0) is 30.7 Å². The van der Waals surface area contributed by atoms with Crippen LogP contribution in [0.2, 0.25) is 0 Å². The molecule has 0 spiro atoms. The maximum atomic E-state index is 12.8. The van der Waals surface area contributed by atoms with Crippen molar-refractivity contribution in [2.45, 2.75) is 19.0 Å². The number of nitrogens with one attached hydrogen (secondary N) is 1. The maximum absolute atomic E-state index is 12.8. The van der Waals surface area contributed by atoms with E-state index in [2.05, 4.69) is 5.32 Å². The second-order valence-electron chi connectivity index (χ2n) is 6.62. The molecule has 1 aromatic heterocycles. The standard InChI is InChI=1S/C19H16F3N3O2S/c1-10-7-12(8-23)17(28-10)24-16(26)15-14(9-25(2)18(15)27)11-3-5-13(6-4-11)19(20,21)22/h3-7,14-15H,9H2,1-2H3,(H,24,26)/t14-,15+/m1/s1. The molecule has 1 saturated heterocycles. The fourth-order valence-electron chi connectivity index (χ4n) is 3.29. The van der Waals surface area contributed by atoms with E-state index in [0.717, 1.165) is 17.0 Å². The fourth-order valence-corrected chi connectivity index (χ4v) is 4.16. The van der Waals surface area contributed by atoms with Crippen LogP contribution >= 0.6 is 11.3 Å². The lowest BCUT2D eigenvalue weighted by Gasteiger charge is -2.17. The molecule has 0 bridgehead atoms. The maximum Gasteiger partial charge on any atom is 0.416 e. The predicted octanol–water partition coefficient (Wildman–Crippen LogP) is 3.76. The number of benzene rings is 1. The van der Waals surface area contributed by atoms with E-state index in [4.69, 9.17) is 5.26 Å². The minimum atomic E-state index is -4.46. The quantitative estimate of drug-likeness (QED) is 0.788. The van der Waals surface area contributed by atoms with Crippen molar-refractivity contribution in [3.8, 4) is 6.07 Å². The van der Waals surface area contributed by atoms with Gasteiger partial charge in [-0.15, -0.1) is 11.3 Å². The third kappa shape index (κ3) is 3.73. The number of nitriles is 1. The molecule has 1 N–H and O–H groups in total. The molecule has 0 unspecified atom stereocenters. The van der Waals surface area contributed by atoms with Crippen LogP contribution in [-0.4, -0.2) is 30.3 Å². The number of anilines is 1. The van der Waals surface area contributed by atoms with Gasteiger partial charge in [-0.1, -0.05) is 12.1 Å². The molecule has 5 nitrogen and oxygen atoms in total. The highest BCUT2D eigenvalue weighted by atomic mass is 32.1. The molecule has 1 aliphatic heterocycles. The van der Waals surface area contributed by atoms with E-state index in [0.29, 0.717) is 16.1 Å². The van der Waals surface area contributed by atoms with Gasteiger partial charge >= 0.3 is 6.18 Å². The third-order valence-corrected chi connectivity index (χ3v) is 5.64. The minimum absolute atomic E-state index is 0.219. The van der Waals surface area contributed by atoms with Crippen molar-refractivity contribution < 1.29 is 22.8 Å². The first-order valence-corrected chi connectivity index (χ1v) is 9.17. The summed E-state index contributed by atoms with van der Waals surface area (Å²) >= 11 is 1.23. The Labute approximate surface area is 163 Å². The van der Waals surface area contributed by atoms with Crippen molar-refractivity contribution >= 4 is 28.2 Å². The van der Waals surface area contributed by atoms with Crippen LogP contribution in [0.1, 0.15) is 27.5 Å². The Balaban J connectivity index is 1.88. The summed E-state index contributed by atoms with van der Waals surface area (Å²) in [4.78, 5) is 27.6. The van der Waals surface area contributed by atoms with E-state index in [1.165, 1.54) is 28.4 Å². The van der Waals surface area contributed by atoms with Crippen molar-refractivity contribution in [1.29, 1.82) is 5.26 Å². The molecule has 3 rings (SSSR count). The zero-order valence-corrected chi connectivity index (χ0v) is 15.8. The van der Waals surface area contributed by atoms with Crippen LogP contribution in [0.3, 0.4) is 0 Å². The molecular formula is C19H16F3N3O2S. The predicted molar refractivity (Wildman–Crippen MR) is 97.7 cm³/mol. The summed E-state index contributed by atoms with van der Waals surface area (Å²) < 4.78 is 38.4. The number of aryl methyl sites for hydroxylation is 1. The monoisotopic (exact) mass is 407 g/mol. The molecule has 1 aromatic carbocycles. The Morgan fingerprint density at radius 2 is 1.96 bits per heavy atom. The summed E-state index contributed by atoms with van der Waals surface area (Å²) in [6.07, 6.45) is -4.46. The number of nitrogens with zero attached hydrogens (tertiary/aromatic N) is 2. The normalized spacial score (nSPS) is 19.6. The molecule has 2 atom stereocenters. The smallest absolute Gasteiger partial charge is 0.344 e. The summed E-state index contributed by atoms with van der Waals surface area (Å²) in [6, 6.07) is 8.12. The highest BCUT2D eigenvalue weighted by molar-refractivity contribution is 7.16. The number of amides is 2. The second-order valence-corrected chi connectivity index (χ2v) is 7.88. The lowest BCUT2D eigenvalue weighted by molar-refractivity contribution is -0.138. The van der Waals surface area contributed by atoms with Gasteiger partial charge in [0.15, 0.2) is 0 Å². The van der Waals surface area contributed by atoms with Gasteiger partial charge in [-0.2, -0.15) is 18.4 Å². The summed E-state index contributed by atoms with van der Waals surface area (Å²) in [7, 11) is 1.54. The van der Waals surface area contributed by atoms with E-state index in [1.807, 2.05) is 6.07 Å². The van der Waals surface area contributed by atoms with Gasteiger partial charge in [0, 0.05) is 24.4 Å². The van der Waals surface area contributed by atoms with Gasteiger partial charge in [-0.25, -0.2) is 0 Å². The van der Waals surface area contributed by atoms with E-state index in [1.54, 1.807) is 20.0 Å². The molecule has 2 heterocycles. The average molecular weight is 407 g/mol. The van der Waals surface area contributed by atoms with Crippen LogP contribution < -0.4 is 5.32 Å². The van der Waals surface area contributed by atoms with Crippen molar-refractivity contribution in [2.24, 2.45) is 5.92 Å². The first-order valence-electron chi connectivity index (χ1n) is 8.35. The Morgan fingerprint density at radius 1 is 1.32 bits per heavy atom.